The molecule has 0 saturated heterocycles. The summed E-state index contributed by atoms with van der Waals surface area (Å²) in [5, 5.41) is 14.0. The van der Waals surface area contributed by atoms with E-state index < -0.39 is 5.97 Å². The average Bonchev–Trinajstić information content (AvgIpc) is 2.98. The molecule has 0 saturated carbocycles. The minimum Gasteiger partial charge on any atom is -0.478 e. The molecule has 2 heterocycles. The second-order valence-electron chi connectivity index (χ2n) is 6.46. The Kier molecular flexibility index (Phi) is 6.45. The average molecular weight is 457 g/mol. The van der Waals surface area contributed by atoms with Gasteiger partial charge in [0.1, 0.15) is 11.4 Å². The van der Waals surface area contributed by atoms with Gasteiger partial charge in [-0.3, -0.25) is 0 Å². The molecule has 0 bridgehead atoms. The maximum Gasteiger partial charge on any atom is 0.341 e. The Morgan fingerprint density at radius 3 is 2.57 bits per heavy atom. The Morgan fingerprint density at radius 2 is 1.93 bits per heavy atom. The van der Waals surface area contributed by atoms with Gasteiger partial charge < -0.3 is 10.4 Å². The molecule has 1 aromatic carbocycles. The third kappa shape index (κ3) is 4.58. The standard InChI is InChI=1S/C19H16Cl3N3O2S/c1-9(2)7-14-16(10-3-4-11(20)13(22)8-10)24-19(28-14)25-17-15(18(26)27)12(21)5-6-23-17/h3-6,8-9H,7H2,1-2H3,(H,26,27)(H,23,24,25). The predicted octanol–water partition coefficient (Wildman–Crippen LogP) is 6.81. The molecule has 0 aliphatic carbocycles. The summed E-state index contributed by atoms with van der Waals surface area (Å²) in [4.78, 5) is 21.3. The van der Waals surface area contributed by atoms with Crippen LogP contribution >= 0.6 is 46.1 Å². The van der Waals surface area contributed by atoms with Crippen molar-refractivity contribution in [2.24, 2.45) is 5.92 Å². The van der Waals surface area contributed by atoms with Crippen LogP contribution in [0, 0.1) is 5.92 Å². The molecule has 5 nitrogen and oxygen atoms in total. The summed E-state index contributed by atoms with van der Waals surface area (Å²) < 4.78 is 0. The number of rotatable bonds is 6. The van der Waals surface area contributed by atoms with E-state index in [0.29, 0.717) is 21.1 Å². The van der Waals surface area contributed by atoms with Gasteiger partial charge in [-0.25, -0.2) is 14.8 Å². The molecule has 2 N–H and O–H groups in total. The Balaban J connectivity index is 2.04. The number of hydrogen-bond acceptors (Lipinski definition) is 5. The molecule has 0 unspecified atom stereocenters. The van der Waals surface area contributed by atoms with Crippen molar-refractivity contribution in [1.29, 1.82) is 0 Å². The van der Waals surface area contributed by atoms with E-state index in [1.807, 2.05) is 6.07 Å². The van der Waals surface area contributed by atoms with Crippen molar-refractivity contribution in [1.82, 2.24) is 9.97 Å². The number of aromatic carboxylic acids is 1. The number of hydrogen-bond donors (Lipinski definition) is 2. The van der Waals surface area contributed by atoms with E-state index in [4.69, 9.17) is 34.8 Å². The minimum absolute atomic E-state index is 0.0964. The second-order valence-corrected chi connectivity index (χ2v) is 8.77. The van der Waals surface area contributed by atoms with E-state index in [2.05, 4.69) is 29.1 Å². The Bertz CT molecular complexity index is 1040. The first-order valence-corrected chi connectivity index (χ1v) is 10.3. The van der Waals surface area contributed by atoms with E-state index in [-0.39, 0.29) is 16.4 Å². The van der Waals surface area contributed by atoms with Crippen molar-refractivity contribution < 1.29 is 9.90 Å². The lowest BCUT2D eigenvalue weighted by Gasteiger charge is -2.06. The highest BCUT2D eigenvalue weighted by atomic mass is 35.5. The molecular formula is C19H16Cl3N3O2S. The molecular weight excluding hydrogens is 441 g/mol. The van der Waals surface area contributed by atoms with Crippen molar-refractivity contribution in [2.75, 3.05) is 5.32 Å². The topological polar surface area (TPSA) is 75.1 Å². The van der Waals surface area contributed by atoms with Gasteiger partial charge in [0.2, 0.25) is 0 Å². The summed E-state index contributed by atoms with van der Waals surface area (Å²) in [7, 11) is 0. The van der Waals surface area contributed by atoms with Gasteiger partial charge in [-0.2, -0.15) is 0 Å². The van der Waals surface area contributed by atoms with Crippen molar-refractivity contribution >= 4 is 63.1 Å². The lowest BCUT2D eigenvalue weighted by atomic mass is 10.0. The van der Waals surface area contributed by atoms with Crippen molar-refractivity contribution in [3.05, 3.63) is 56.0 Å². The van der Waals surface area contributed by atoms with Gasteiger partial charge >= 0.3 is 5.97 Å². The predicted molar refractivity (Wildman–Crippen MR) is 116 cm³/mol. The number of benzene rings is 1. The molecule has 0 aliphatic heterocycles. The van der Waals surface area contributed by atoms with E-state index in [1.54, 1.807) is 12.1 Å². The minimum atomic E-state index is -1.16. The number of thiazole rings is 1. The summed E-state index contributed by atoms with van der Waals surface area (Å²) in [6.45, 7) is 4.24. The number of carbonyl (C=O) groups is 1. The van der Waals surface area contributed by atoms with Gasteiger partial charge in [0, 0.05) is 16.6 Å². The highest BCUT2D eigenvalue weighted by Crippen LogP contribution is 2.37. The summed E-state index contributed by atoms with van der Waals surface area (Å²) in [6.07, 6.45) is 2.25. The molecule has 0 radical (unpaired) electrons. The number of pyridine rings is 1. The van der Waals surface area contributed by atoms with E-state index in [9.17, 15) is 9.90 Å². The zero-order valence-electron chi connectivity index (χ0n) is 15.0. The Labute approximate surface area is 181 Å². The summed E-state index contributed by atoms with van der Waals surface area (Å²) in [5.74, 6) is -0.608. The van der Waals surface area contributed by atoms with Crippen LogP contribution in [0.5, 0.6) is 0 Å². The van der Waals surface area contributed by atoms with Gasteiger partial charge in [0.15, 0.2) is 5.13 Å². The Morgan fingerprint density at radius 1 is 1.18 bits per heavy atom. The normalized spacial score (nSPS) is 11.1. The number of nitrogens with one attached hydrogen (secondary N) is 1. The maximum absolute atomic E-state index is 11.5. The van der Waals surface area contributed by atoms with Crippen molar-refractivity contribution in [3.8, 4) is 11.3 Å². The number of nitrogens with zero attached hydrogens (tertiary/aromatic N) is 2. The zero-order chi connectivity index (χ0) is 20.4. The van der Waals surface area contributed by atoms with Crippen LogP contribution in [0.4, 0.5) is 10.9 Å². The molecule has 2 aromatic heterocycles. The first-order chi connectivity index (χ1) is 13.3. The molecule has 0 atom stereocenters. The van der Waals surface area contributed by atoms with Crippen LogP contribution in [0.3, 0.4) is 0 Å². The quantitative estimate of drug-likeness (QED) is 0.426. The lowest BCUT2D eigenvalue weighted by Crippen LogP contribution is -2.05. The van der Waals surface area contributed by atoms with Crippen LogP contribution in [0.2, 0.25) is 15.1 Å². The third-order valence-corrected chi connectivity index (χ3v) is 5.87. The molecule has 9 heteroatoms. The SMILES string of the molecule is CC(C)Cc1sc(Nc2nccc(Cl)c2C(=O)O)nc1-c1ccc(Cl)c(Cl)c1. The monoisotopic (exact) mass is 455 g/mol. The van der Waals surface area contributed by atoms with Crippen molar-refractivity contribution in [2.45, 2.75) is 20.3 Å². The molecule has 146 valence electrons. The van der Waals surface area contributed by atoms with Gasteiger partial charge in [-0.15, -0.1) is 11.3 Å². The van der Waals surface area contributed by atoms with Gasteiger partial charge in [0.05, 0.1) is 20.8 Å². The van der Waals surface area contributed by atoms with Crippen LogP contribution in [-0.2, 0) is 6.42 Å². The zero-order valence-corrected chi connectivity index (χ0v) is 18.0. The lowest BCUT2D eigenvalue weighted by molar-refractivity contribution is 0.0698. The highest BCUT2D eigenvalue weighted by molar-refractivity contribution is 7.16. The highest BCUT2D eigenvalue weighted by Gasteiger charge is 2.20. The fourth-order valence-electron chi connectivity index (χ4n) is 2.62. The van der Waals surface area contributed by atoms with Crippen molar-refractivity contribution in [3.63, 3.8) is 0 Å². The largest absolute Gasteiger partial charge is 0.478 e. The Hall–Kier alpha value is -1.86. The van der Waals surface area contributed by atoms with E-state index in [1.165, 1.54) is 23.6 Å². The molecule has 0 fully saturated rings. The van der Waals surface area contributed by atoms with E-state index >= 15 is 0 Å². The maximum atomic E-state index is 11.5. The fourth-order valence-corrected chi connectivity index (χ4v) is 4.34. The molecule has 3 rings (SSSR count). The van der Waals surface area contributed by atoms with Gasteiger partial charge in [-0.1, -0.05) is 54.7 Å². The van der Waals surface area contributed by atoms with E-state index in [0.717, 1.165) is 22.6 Å². The summed E-state index contributed by atoms with van der Waals surface area (Å²) >= 11 is 19.7. The number of carboxylic acids is 1. The van der Waals surface area contributed by atoms with Crippen LogP contribution in [0.1, 0.15) is 29.1 Å². The molecule has 0 aliphatic rings. The number of aromatic nitrogens is 2. The first kappa shape index (κ1) is 20.9. The van der Waals surface area contributed by atoms with Crippen LogP contribution in [0.25, 0.3) is 11.3 Å². The summed E-state index contributed by atoms with van der Waals surface area (Å²) in [6, 6.07) is 6.79. The second kappa shape index (κ2) is 8.66. The molecule has 28 heavy (non-hydrogen) atoms. The van der Waals surface area contributed by atoms with Gasteiger partial charge in [0.25, 0.3) is 0 Å². The summed E-state index contributed by atoms with van der Waals surface area (Å²) in [5.41, 5.74) is 1.52. The van der Waals surface area contributed by atoms with Crippen LogP contribution in [0.15, 0.2) is 30.5 Å². The van der Waals surface area contributed by atoms with Crippen LogP contribution < -0.4 is 5.32 Å². The van der Waals surface area contributed by atoms with Crippen LogP contribution in [-0.4, -0.2) is 21.0 Å². The fraction of sp³-hybridized carbons (Fsp3) is 0.211. The first-order valence-electron chi connectivity index (χ1n) is 8.36. The number of halogens is 3. The third-order valence-electron chi connectivity index (χ3n) is 3.82. The molecule has 3 aromatic rings. The number of anilines is 2. The number of carboxylic acid groups (broad SMARTS) is 1. The molecule has 0 amide bonds. The molecule has 0 spiro atoms. The smallest absolute Gasteiger partial charge is 0.341 e. The van der Waals surface area contributed by atoms with Gasteiger partial charge in [-0.05, 0) is 30.5 Å².